The summed E-state index contributed by atoms with van der Waals surface area (Å²) in [6, 6.07) is 24.2. The Morgan fingerprint density at radius 2 is 1.79 bits per heavy atom. The molecule has 6 rings (SSSR count). The van der Waals surface area contributed by atoms with Crippen LogP contribution in [0.2, 0.25) is 0 Å². The number of hydrogen-bond donors (Lipinski definition) is 2. The number of sulfone groups is 1. The van der Waals surface area contributed by atoms with Crippen molar-refractivity contribution in [3.05, 3.63) is 117 Å². The first-order valence-electron chi connectivity index (χ1n) is 15.0. The van der Waals surface area contributed by atoms with E-state index in [2.05, 4.69) is 36.5 Å². The first kappa shape index (κ1) is 33.5. The highest BCUT2D eigenvalue weighted by molar-refractivity contribution is 9.10. The number of nitrogens with zero attached hydrogens (tertiary/aromatic N) is 3. The third-order valence-electron chi connectivity index (χ3n) is 7.43. The predicted octanol–water partition coefficient (Wildman–Crippen LogP) is 7.59. The van der Waals surface area contributed by atoms with Crippen LogP contribution in [0.25, 0.3) is 22.2 Å². The predicted molar refractivity (Wildman–Crippen MR) is 190 cm³/mol. The van der Waals surface area contributed by atoms with E-state index < -0.39 is 9.84 Å². The number of nitrogens with one attached hydrogen (secondary N) is 2. The molecule has 2 heterocycles. The molecule has 4 aromatic carbocycles. The van der Waals surface area contributed by atoms with Crippen molar-refractivity contribution < 1.29 is 22.3 Å². The van der Waals surface area contributed by atoms with Crippen molar-refractivity contribution in [3.8, 4) is 22.8 Å². The van der Waals surface area contributed by atoms with E-state index in [9.17, 15) is 12.8 Å². The largest absolute Gasteiger partial charge is 0.496 e. The standard InChI is InChI=1S/C35H31BrFN5O4S2/c1-45-33-19-30-28(18-27(33)31-21-47-34(42-31)12-13-38-14-15-48(43,44)26-8-3-2-4-9-26)35(40-22-39-30)41-25-10-11-32(29(36)17-25)46-20-23-6-5-7-24(37)16-23/h2-11,16-19,21-22,38H,12-15,20H2,1H3,(H,39,40,41). The lowest BCUT2D eigenvalue weighted by Crippen LogP contribution is -2.25. The summed E-state index contributed by atoms with van der Waals surface area (Å²) in [6.07, 6.45) is 2.15. The Balaban J connectivity index is 1.13. The SMILES string of the molecule is COc1cc2ncnc(Nc3ccc(OCc4cccc(F)c4)c(Br)c3)c2cc1-c1csc(CCNCCS(=O)(=O)c2ccccc2)n1. The molecule has 0 aliphatic rings. The average molecular weight is 749 g/mol. The van der Waals surface area contributed by atoms with Crippen molar-refractivity contribution in [2.24, 2.45) is 0 Å². The number of fused-ring (bicyclic) bond motifs is 1. The van der Waals surface area contributed by atoms with Gasteiger partial charge in [0, 0.05) is 47.6 Å². The Morgan fingerprint density at radius 3 is 2.58 bits per heavy atom. The van der Waals surface area contributed by atoms with Crippen molar-refractivity contribution >= 4 is 59.5 Å². The van der Waals surface area contributed by atoms with Crippen LogP contribution in [0, 0.1) is 5.82 Å². The van der Waals surface area contributed by atoms with Gasteiger partial charge in [0.1, 0.15) is 36.1 Å². The van der Waals surface area contributed by atoms with E-state index in [0.717, 1.165) is 37.4 Å². The molecule has 0 amide bonds. The third-order valence-corrected chi connectivity index (χ3v) is 10.7. The van der Waals surface area contributed by atoms with Gasteiger partial charge in [-0.05, 0) is 70.0 Å². The normalized spacial score (nSPS) is 11.5. The van der Waals surface area contributed by atoms with Crippen molar-refractivity contribution in [1.82, 2.24) is 20.3 Å². The fourth-order valence-corrected chi connectivity index (χ4v) is 7.51. The maximum Gasteiger partial charge on any atom is 0.179 e. The summed E-state index contributed by atoms with van der Waals surface area (Å²) < 4.78 is 50.9. The molecule has 0 fully saturated rings. The third kappa shape index (κ3) is 8.16. The summed E-state index contributed by atoms with van der Waals surface area (Å²) in [5, 5.41) is 10.3. The lowest BCUT2D eigenvalue weighted by atomic mass is 10.1. The monoisotopic (exact) mass is 747 g/mol. The van der Waals surface area contributed by atoms with Gasteiger partial charge in [0.05, 0.1) is 38.4 Å². The minimum absolute atomic E-state index is 0.0261. The number of benzene rings is 4. The Kier molecular flexibility index (Phi) is 10.6. The number of methoxy groups -OCH3 is 1. The second-order valence-electron chi connectivity index (χ2n) is 10.7. The highest BCUT2D eigenvalue weighted by atomic mass is 79.9. The molecule has 0 saturated carbocycles. The molecule has 9 nitrogen and oxygen atoms in total. The zero-order chi connectivity index (χ0) is 33.5. The summed E-state index contributed by atoms with van der Waals surface area (Å²) in [5.74, 6) is 1.58. The van der Waals surface area contributed by atoms with Crippen molar-refractivity contribution in [2.45, 2.75) is 17.9 Å². The van der Waals surface area contributed by atoms with Gasteiger partial charge in [-0.25, -0.2) is 27.8 Å². The minimum atomic E-state index is -3.33. The lowest BCUT2D eigenvalue weighted by Gasteiger charge is -2.13. The van der Waals surface area contributed by atoms with Gasteiger partial charge in [0.25, 0.3) is 0 Å². The molecule has 0 aliphatic heterocycles. The summed E-state index contributed by atoms with van der Waals surface area (Å²) in [6.45, 7) is 1.18. The van der Waals surface area contributed by atoms with E-state index >= 15 is 0 Å². The van der Waals surface area contributed by atoms with Crippen LogP contribution in [0.3, 0.4) is 0 Å². The fourth-order valence-electron chi connectivity index (χ4n) is 4.99. The summed E-state index contributed by atoms with van der Waals surface area (Å²) >= 11 is 5.11. The molecule has 13 heteroatoms. The molecule has 6 aromatic rings. The Labute approximate surface area is 290 Å². The number of thiazole rings is 1. The van der Waals surface area contributed by atoms with E-state index in [0.29, 0.717) is 47.2 Å². The molecule has 246 valence electrons. The first-order chi connectivity index (χ1) is 23.3. The maximum absolute atomic E-state index is 13.5. The van der Waals surface area contributed by atoms with Gasteiger partial charge in [-0.3, -0.25) is 0 Å². The number of ether oxygens (including phenoxy) is 2. The molecule has 0 radical (unpaired) electrons. The fraction of sp³-hybridized carbons (Fsp3) is 0.171. The second kappa shape index (κ2) is 15.2. The van der Waals surface area contributed by atoms with E-state index in [1.165, 1.54) is 29.8 Å². The van der Waals surface area contributed by atoms with E-state index in [-0.39, 0.29) is 18.2 Å². The Hall–Kier alpha value is -4.43. The van der Waals surface area contributed by atoms with Crippen LogP contribution < -0.4 is 20.1 Å². The molecule has 0 bridgehead atoms. The number of rotatable bonds is 14. The molecular weight excluding hydrogens is 717 g/mol. The second-order valence-corrected chi connectivity index (χ2v) is 14.6. The molecule has 2 N–H and O–H groups in total. The highest BCUT2D eigenvalue weighted by Crippen LogP contribution is 2.37. The van der Waals surface area contributed by atoms with Crippen LogP contribution >= 0.6 is 27.3 Å². The molecular formula is C35H31BrFN5O4S2. The Morgan fingerprint density at radius 1 is 0.938 bits per heavy atom. The number of hydrogen-bond acceptors (Lipinski definition) is 10. The van der Waals surface area contributed by atoms with Gasteiger partial charge in [0.2, 0.25) is 0 Å². The molecule has 0 unspecified atom stereocenters. The van der Waals surface area contributed by atoms with Gasteiger partial charge in [-0.1, -0.05) is 30.3 Å². The van der Waals surface area contributed by atoms with E-state index in [1.807, 2.05) is 41.8 Å². The first-order valence-corrected chi connectivity index (χ1v) is 18.3. The smallest absolute Gasteiger partial charge is 0.179 e. The highest BCUT2D eigenvalue weighted by Gasteiger charge is 2.16. The summed E-state index contributed by atoms with van der Waals surface area (Å²) in [7, 11) is -1.72. The van der Waals surface area contributed by atoms with Crippen molar-refractivity contribution in [2.75, 3.05) is 31.3 Å². The minimum Gasteiger partial charge on any atom is -0.496 e. The van der Waals surface area contributed by atoms with Gasteiger partial charge in [-0.2, -0.15) is 0 Å². The Bertz CT molecular complexity index is 2150. The van der Waals surface area contributed by atoms with Crippen molar-refractivity contribution in [3.63, 3.8) is 0 Å². The van der Waals surface area contributed by atoms with Crippen LogP contribution in [0.1, 0.15) is 10.6 Å². The molecule has 0 spiro atoms. The van der Waals surface area contributed by atoms with Gasteiger partial charge in [0.15, 0.2) is 9.84 Å². The van der Waals surface area contributed by atoms with Crippen LogP contribution in [0.5, 0.6) is 11.5 Å². The summed E-state index contributed by atoms with van der Waals surface area (Å²) in [4.78, 5) is 14.2. The molecule has 48 heavy (non-hydrogen) atoms. The van der Waals surface area contributed by atoms with Gasteiger partial charge < -0.3 is 20.1 Å². The topological polar surface area (TPSA) is 115 Å². The summed E-state index contributed by atoms with van der Waals surface area (Å²) in [5.41, 5.74) is 3.77. The lowest BCUT2D eigenvalue weighted by molar-refractivity contribution is 0.303. The average Bonchev–Trinajstić information content (AvgIpc) is 3.56. The van der Waals surface area contributed by atoms with E-state index in [4.69, 9.17) is 14.5 Å². The number of aromatic nitrogens is 3. The quantitative estimate of drug-likeness (QED) is 0.109. The molecule has 0 atom stereocenters. The maximum atomic E-state index is 13.5. The molecule has 0 aliphatic carbocycles. The van der Waals surface area contributed by atoms with Crippen LogP contribution in [-0.2, 0) is 22.9 Å². The van der Waals surface area contributed by atoms with Crippen LogP contribution in [0.15, 0.2) is 106 Å². The zero-order valence-electron chi connectivity index (χ0n) is 25.8. The van der Waals surface area contributed by atoms with Gasteiger partial charge in [-0.15, -0.1) is 11.3 Å². The van der Waals surface area contributed by atoms with Crippen LogP contribution in [-0.4, -0.2) is 49.3 Å². The van der Waals surface area contributed by atoms with Crippen LogP contribution in [0.4, 0.5) is 15.9 Å². The number of anilines is 2. The van der Waals surface area contributed by atoms with Gasteiger partial charge >= 0.3 is 0 Å². The van der Waals surface area contributed by atoms with E-state index in [1.54, 1.807) is 43.5 Å². The zero-order valence-corrected chi connectivity index (χ0v) is 29.0. The van der Waals surface area contributed by atoms with Crippen molar-refractivity contribution in [1.29, 1.82) is 0 Å². The molecule has 0 saturated heterocycles. The molecule has 2 aromatic heterocycles. The number of halogens is 2.